The molecule has 1 aromatic rings. The fourth-order valence-electron chi connectivity index (χ4n) is 8.23. The zero-order valence-corrected chi connectivity index (χ0v) is 16.4. The summed E-state index contributed by atoms with van der Waals surface area (Å²) in [6.07, 6.45) is 9.90. The van der Waals surface area contributed by atoms with E-state index in [-0.39, 0.29) is 10.8 Å². The van der Waals surface area contributed by atoms with Crippen molar-refractivity contribution in [3.63, 3.8) is 0 Å². The number of nitrogens with one attached hydrogen (secondary N) is 1. The Bertz CT molecular complexity index is 737. The first-order chi connectivity index (χ1) is 13.1. The summed E-state index contributed by atoms with van der Waals surface area (Å²) < 4.78 is 0. The van der Waals surface area contributed by atoms with Crippen molar-refractivity contribution >= 4 is 5.91 Å². The number of nitrogens with zero attached hydrogens (tertiary/aromatic N) is 1. The molecule has 3 heteroatoms. The summed E-state index contributed by atoms with van der Waals surface area (Å²) in [4.78, 5) is 16.2. The smallest absolute Gasteiger partial charge is 0.228 e. The molecule has 6 aliphatic rings. The van der Waals surface area contributed by atoms with Crippen LogP contribution in [0.1, 0.15) is 56.9 Å². The maximum atomic E-state index is 13.9. The number of carbonyl (C=O) groups is 1. The van der Waals surface area contributed by atoms with E-state index in [1.165, 1.54) is 50.5 Å². The Kier molecular flexibility index (Phi) is 3.44. The second-order valence-corrected chi connectivity index (χ2v) is 10.8. The van der Waals surface area contributed by atoms with E-state index in [4.69, 9.17) is 0 Å². The molecule has 2 saturated heterocycles. The SMILES string of the molecule is O=C(N1CCC2(CCNC2)C1)C12CC3CC(C1)CC(c1ccccc1)(C3)C2. The van der Waals surface area contributed by atoms with E-state index >= 15 is 0 Å². The predicted molar refractivity (Wildman–Crippen MR) is 106 cm³/mol. The third-order valence-corrected chi connectivity index (χ3v) is 8.96. The van der Waals surface area contributed by atoms with Gasteiger partial charge in [-0.2, -0.15) is 0 Å². The molecule has 144 valence electrons. The van der Waals surface area contributed by atoms with Gasteiger partial charge in [0.1, 0.15) is 0 Å². The molecule has 1 spiro atoms. The largest absolute Gasteiger partial charge is 0.342 e. The minimum Gasteiger partial charge on any atom is -0.342 e. The molecule has 4 bridgehead atoms. The highest BCUT2D eigenvalue weighted by atomic mass is 16.2. The Morgan fingerprint density at radius 3 is 2.52 bits per heavy atom. The van der Waals surface area contributed by atoms with Gasteiger partial charge in [-0.3, -0.25) is 4.79 Å². The zero-order chi connectivity index (χ0) is 18.1. The van der Waals surface area contributed by atoms with Crippen LogP contribution in [0.4, 0.5) is 0 Å². The number of rotatable bonds is 2. The van der Waals surface area contributed by atoms with E-state index in [0.717, 1.165) is 44.4 Å². The molecule has 3 atom stereocenters. The van der Waals surface area contributed by atoms with E-state index in [0.29, 0.717) is 11.3 Å². The molecule has 2 aliphatic heterocycles. The van der Waals surface area contributed by atoms with Crippen LogP contribution in [0.2, 0.25) is 0 Å². The first kappa shape index (κ1) is 16.6. The average Bonchev–Trinajstić information content (AvgIpc) is 3.31. The van der Waals surface area contributed by atoms with Gasteiger partial charge in [0.05, 0.1) is 5.41 Å². The Morgan fingerprint density at radius 1 is 1.04 bits per heavy atom. The lowest BCUT2D eigenvalue weighted by molar-refractivity contribution is -0.159. The van der Waals surface area contributed by atoms with Gasteiger partial charge in [0, 0.05) is 25.0 Å². The van der Waals surface area contributed by atoms with Crippen molar-refractivity contribution in [2.24, 2.45) is 22.7 Å². The fourth-order valence-corrected chi connectivity index (χ4v) is 8.23. The molecule has 3 unspecified atom stereocenters. The van der Waals surface area contributed by atoms with Crippen molar-refractivity contribution < 1.29 is 4.79 Å². The van der Waals surface area contributed by atoms with Gasteiger partial charge in [-0.15, -0.1) is 0 Å². The summed E-state index contributed by atoms with van der Waals surface area (Å²) in [6.45, 7) is 4.25. The highest BCUT2D eigenvalue weighted by Gasteiger charge is 2.62. The summed E-state index contributed by atoms with van der Waals surface area (Å²) in [6, 6.07) is 11.2. The van der Waals surface area contributed by atoms with Crippen molar-refractivity contribution in [3.05, 3.63) is 35.9 Å². The summed E-state index contributed by atoms with van der Waals surface area (Å²) in [7, 11) is 0. The number of benzene rings is 1. The minimum atomic E-state index is -0.0580. The van der Waals surface area contributed by atoms with Crippen molar-refractivity contribution in [3.8, 4) is 0 Å². The lowest BCUT2D eigenvalue weighted by atomic mass is 9.42. The van der Waals surface area contributed by atoms with Gasteiger partial charge >= 0.3 is 0 Å². The van der Waals surface area contributed by atoms with Gasteiger partial charge in [0.15, 0.2) is 0 Å². The summed E-state index contributed by atoms with van der Waals surface area (Å²) in [5.74, 6) is 2.06. The number of carbonyl (C=O) groups excluding carboxylic acids is 1. The molecular formula is C24H32N2O. The second-order valence-electron chi connectivity index (χ2n) is 10.8. The Labute approximate surface area is 162 Å². The molecule has 2 heterocycles. The molecule has 1 aromatic carbocycles. The zero-order valence-electron chi connectivity index (χ0n) is 16.4. The normalized spacial score (nSPS) is 45.1. The van der Waals surface area contributed by atoms with Crippen LogP contribution in [0.25, 0.3) is 0 Å². The molecule has 27 heavy (non-hydrogen) atoms. The molecular weight excluding hydrogens is 332 g/mol. The number of hydrogen-bond donors (Lipinski definition) is 1. The van der Waals surface area contributed by atoms with Crippen LogP contribution in [-0.2, 0) is 10.2 Å². The lowest BCUT2D eigenvalue weighted by Gasteiger charge is -2.62. The van der Waals surface area contributed by atoms with E-state index in [9.17, 15) is 4.79 Å². The monoisotopic (exact) mass is 364 g/mol. The van der Waals surface area contributed by atoms with Crippen molar-refractivity contribution in [2.45, 2.75) is 56.8 Å². The lowest BCUT2D eigenvalue weighted by Crippen LogP contribution is -2.59. The molecule has 1 N–H and O–H groups in total. The average molecular weight is 365 g/mol. The molecule has 6 fully saturated rings. The van der Waals surface area contributed by atoms with Gasteiger partial charge < -0.3 is 10.2 Å². The van der Waals surface area contributed by atoms with Gasteiger partial charge in [-0.1, -0.05) is 30.3 Å². The minimum absolute atomic E-state index is 0.0580. The van der Waals surface area contributed by atoms with Crippen LogP contribution in [0, 0.1) is 22.7 Å². The number of likely N-dealkylation sites (tertiary alicyclic amines) is 1. The van der Waals surface area contributed by atoms with Crippen LogP contribution in [0.3, 0.4) is 0 Å². The van der Waals surface area contributed by atoms with E-state index in [1.54, 1.807) is 0 Å². The number of amides is 1. The molecule has 7 rings (SSSR count). The maximum absolute atomic E-state index is 13.9. The Balaban J connectivity index is 1.31. The van der Waals surface area contributed by atoms with E-state index in [2.05, 4.69) is 40.5 Å². The van der Waals surface area contributed by atoms with Gasteiger partial charge in [0.25, 0.3) is 0 Å². The highest BCUT2D eigenvalue weighted by Crippen LogP contribution is 2.66. The van der Waals surface area contributed by atoms with Crippen LogP contribution < -0.4 is 5.32 Å². The van der Waals surface area contributed by atoms with E-state index in [1.807, 2.05) is 0 Å². The maximum Gasteiger partial charge on any atom is 0.228 e. The first-order valence-electron chi connectivity index (χ1n) is 11.2. The molecule has 1 amide bonds. The third-order valence-electron chi connectivity index (χ3n) is 8.96. The highest BCUT2D eigenvalue weighted by molar-refractivity contribution is 5.84. The standard InChI is InChI=1S/C24H32N2O/c27-21(26-9-7-22(17-26)6-8-25-16-22)24-13-18-10-19(14-24)12-23(11-18,15-24)20-4-2-1-3-5-20/h1-5,18-19,25H,6-17H2. The Morgan fingerprint density at radius 2 is 1.81 bits per heavy atom. The summed E-state index contributed by atoms with van der Waals surface area (Å²) in [5.41, 5.74) is 2.11. The van der Waals surface area contributed by atoms with Crippen LogP contribution in [-0.4, -0.2) is 37.0 Å². The summed E-state index contributed by atoms with van der Waals surface area (Å²) >= 11 is 0. The van der Waals surface area contributed by atoms with Gasteiger partial charge in [0.2, 0.25) is 5.91 Å². The summed E-state index contributed by atoms with van der Waals surface area (Å²) in [5, 5.41) is 3.54. The first-order valence-corrected chi connectivity index (χ1v) is 11.2. The van der Waals surface area contributed by atoms with Crippen LogP contribution >= 0.6 is 0 Å². The third kappa shape index (κ3) is 2.40. The second kappa shape index (κ2) is 5.59. The molecule has 3 nitrogen and oxygen atoms in total. The van der Waals surface area contributed by atoms with Gasteiger partial charge in [-0.25, -0.2) is 0 Å². The predicted octanol–water partition coefficient (Wildman–Crippen LogP) is 3.74. The van der Waals surface area contributed by atoms with Crippen molar-refractivity contribution in [2.75, 3.05) is 26.2 Å². The number of hydrogen-bond acceptors (Lipinski definition) is 2. The van der Waals surface area contributed by atoms with Crippen molar-refractivity contribution in [1.29, 1.82) is 0 Å². The van der Waals surface area contributed by atoms with Gasteiger partial charge in [-0.05, 0) is 80.7 Å². The van der Waals surface area contributed by atoms with Crippen LogP contribution in [0.15, 0.2) is 30.3 Å². The molecule has 0 radical (unpaired) electrons. The Hall–Kier alpha value is -1.35. The van der Waals surface area contributed by atoms with Crippen LogP contribution in [0.5, 0.6) is 0 Å². The quantitative estimate of drug-likeness (QED) is 0.867. The topological polar surface area (TPSA) is 32.3 Å². The van der Waals surface area contributed by atoms with E-state index < -0.39 is 0 Å². The molecule has 4 saturated carbocycles. The van der Waals surface area contributed by atoms with Crippen molar-refractivity contribution in [1.82, 2.24) is 10.2 Å². The molecule has 4 aliphatic carbocycles. The molecule has 0 aromatic heterocycles. The fraction of sp³-hybridized carbons (Fsp3) is 0.708.